The molecule has 4 rings (SSSR count). The molecule has 0 unspecified atom stereocenters. The summed E-state index contributed by atoms with van der Waals surface area (Å²) in [4.78, 5) is 24.5. The molecule has 2 aromatic heterocycles. The Labute approximate surface area is 203 Å². The number of carbonyl (C=O) groups excluding carboxylic acids is 1. The Hall–Kier alpha value is -4.48. The molecule has 0 bridgehead atoms. The van der Waals surface area contributed by atoms with E-state index in [1.165, 1.54) is 6.33 Å². The molecule has 4 aromatic rings. The summed E-state index contributed by atoms with van der Waals surface area (Å²) < 4.78 is 11.0. The summed E-state index contributed by atoms with van der Waals surface area (Å²) in [6.45, 7) is 4.60. The van der Waals surface area contributed by atoms with Crippen LogP contribution in [0.3, 0.4) is 0 Å². The molecule has 0 atom stereocenters. The number of benzene rings is 2. The Balaban J connectivity index is 1.48. The first-order chi connectivity index (χ1) is 17.1. The molecule has 0 aliphatic rings. The summed E-state index contributed by atoms with van der Waals surface area (Å²) in [5.41, 5.74) is 3.43. The van der Waals surface area contributed by atoms with Gasteiger partial charge >= 0.3 is 0 Å². The zero-order chi connectivity index (χ0) is 24.5. The van der Waals surface area contributed by atoms with E-state index >= 15 is 0 Å². The lowest BCUT2D eigenvalue weighted by molar-refractivity contribution is -0.125. The number of ether oxygens (including phenoxy) is 2. The van der Waals surface area contributed by atoms with Gasteiger partial charge in [0.2, 0.25) is 5.91 Å². The number of fused-ring (bicyclic) bond motifs is 1. The average Bonchev–Trinajstić information content (AvgIpc) is 2.88. The topological polar surface area (TPSA) is 98.3 Å². The second kappa shape index (κ2) is 11.6. The summed E-state index contributed by atoms with van der Waals surface area (Å²) in [5, 5.41) is 6.92. The van der Waals surface area contributed by atoms with Crippen LogP contribution in [-0.4, -0.2) is 40.6 Å². The van der Waals surface area contributed by atoms with Crippen LogP contribution in [0.1, 0.15) is 18.1 Å². The molecule has 0 aliphatic heterocycles. The molecular formula is C27H25N5O3. The highest BCUT2D eigenvalue weighted by Crippen LogP contribution is 2.29. The van der Waals surface area contributed by atoms with Crippen molar-refractivity contribution < 1.29 is 14.3 Å². The number of amides is 1. The van der Waals surface area contributed by atoms with Crippen LogP contribution in [-0.2, 0) is 9.53 Å². The molecule has 8 heteroatoms. The highest BCUT2D eigenvalue weighted by atomic mass is 16.5. The number of aromatic nitrogens is 3. The zero-order valence-electron chi connectivity index (χ0n) is 19.5. The van der Waals surface area contributed by atoms with Gasteiger partial charge in [0.25, 0.3) is 0 Å². The van der Waals surface area contributed by atoms with Crippen LogP contribution >= 0.6 is 0 Å². The van der Waals surface area contributed by atoms with Gasteiger partial charge in [-0.2, -0.15) is 0 Å². The Morgan fingerprint density at radius 1 is 1.11 bits per heavy atom. The van der Waals surface area contributed by atoms with Gasteiger partial charge in [-0.05, 0) is 67.9 Å². The van der Waals surface area contributed by atoms with Crippen molar-refractivity contribution in [1.82, 2.24) is 20.3 Å². The molecule has 2 heterocycles. The quantitative estimate of drug-likeness (QED) is 0.371. The predicted octanol–water partition coefficient (Wildman–Crippen LogP) is 4.37. The van der Waals surface area contributed by atoms with Gasteiger partial charge in [0.05, 0.1) is 18.3 Å². The van der Waals surface area contributed by atoms with E-state index in [9.17, 15) is 4.79 Å². The molecule has 0 aliphatic carbocycles. The predicted molar refractivity (Wildman–Crippen MR) is 135 cm³/mol. The summed E-state index contributed by atoms with van der Waals surface area (Å²) in [6.07, 6.45) is 4.91. The van der Waals surface area contributed by atoms with E-state index < -0.39 is 0 Å². The maximum absolute atomic E-state index is 11.6. The normalized spacial score (nSPS) is 10.3. The largest absolute Gasteiger partial charge is 0.455 e. The van der Waals surface area contributed by atoms with Gasteiger partial charge in [0.1, 0.15) is 30.3 Å². The summed E-state index contributed by atoms with van der Waals surface area (Å²) in [6, 6.07) is 15.2. The van der Waals surface area contributed by atoms with Crippen LogP contribution in [0.2, 0.25) is 0 Å². The molecule has 0 saturated carbocycles. The van der Waals surface area contributed by atoms with Crippen molar-refractivity contribution in [3.8, 4) is 23.3 Å². The molecule has 0 radical (unpaired) electrons. The van der Waals surface area contributed by atoms with E-state index in [-0.39, 0.29) is 19.1 Å². The first-order valence-corrected chi connectivity index (χ1v) is 11.2. The molecular weight excluding hydrogens is 442 g/mol. The molecule has 35 heavy (non-hydrogen) atoms. The first-order valence-electron chi connectivity index (χ1n) is 11.2. The average molecular weight is 468 g/mol. The Kier molecular flexibility index (Phi) is 7.84. The van der Waals surface area contributed by atoms with Gasteiger partial charge in [0, 0.05) is 29.4 Å². The van der Waals surface area contributed by atoms with Gasteiger partial charge in [-0.1, -0.05) is 11.8 Å². The van der Waals surface area contributed by atoms with E-state index in [4.69, 9.17) is 9.47 Å². The lowest BCUT2D eigenvalue weighted by Gasteiger charge is -2.12. The SMILES string of the molecule is CCOCC(=O)NCC#Cc1ccc2ncnc(Nc3ccc(Oc4cccnc4)c(C)c3)c2c1. The third-order valence-electron chi connectivity index (χ3n) is 4.98. The number of nitrogens with one attached hydrogen (secondary N) is 2. The lowest BCUT2D eigenvalue weighted by atomic mass is 10.1. The van der Waals surface area contributed by atoms with E-state index in [1.54, 1.807) is 12.4 Å². The molecule has 176 valence electrons. The maximum Gasteiger partial charge on any atom is 0.246 e. The highest BCUT2D eigenvalue weighted by molar-refractivity contribution is 5.91. The number of anilines is 2. The second-order valence-corrected chi connectivity index (χ2v) is 7.57. The van der Waals surface area contributed by atoms with Crippen molar-refractivity contribution in [2.75, 3.05) is 25.1 Å². The second-order valence-electron chi connectivity index (χ2n) is 7.57. The number of pyridine rings is 1. The minimum Gasteiger partial charge on any atom is -0.455 e. The highest BCUT2D eigenvalue weighted by Gasteiger charge is 2.08. The van der Waals surface area contributed by atoms with Crippen LogP contribution in [0.25, 0.3) is 10.9 Å². The van der Waals surface area contributed by atoms with Crippen molar-refractivity contribution in [3.63, 3.8) is 0 Å². The minimum atomic E-state index is -0.188. The summed E-state index contributed by atoms with van der Waals surface area (Å²) >= 11 is 0. The van der Waals surface area contributed by atoms with E-state index in [0.717, 1.165) is 33.5 Å². The van der Waals surface area contributed by atoms with Crippen LogP contribution in [0.15, 0.2) is 67.3 Å². The maximum atomic E-state index is 11.6. The number of nitrogens with zero attached hydrogens (tertiary/aromatic N) is 3. The zero-order valence-corrected chi connectivity index (χ0v) is 19.5. The molecule has 0 fully saturated rings. The third kappa shape index (κ3) is 6.53. The van der Waals surface area contributed by atoms with Gasteiger partial charge in [-0.15, -0.1) is 0 Å². The van der Waals surface area contributed by atoms with Gasteiger partial charge in [-0.25, -0.2) is 9.97 Å². The van der Waals surface area contributed by atoms with Crippen molar-refractivity contribution in [2.24, 2.45) is 0 Å². The Bertz CT molecular complexity index is 1380. The van der Waals surface area contributed by atoms with E-state index in [2.05, 4.69) is 37.4 Å². The molecule has 8 nitrogen and oxygen atoms in total. The van der Waals surface area contributed by atoms with E-state index in [0.29, 0.717) is 18.2 Å². The summed E-state index contributed by atoms with van der Waals surface area (Å²) in [5.74, 6) is 7.94. The van der Waals surface area contributed by atoms with Crippen molar-refractivity contribution >= 4 is 28.3 Å². The number of rotatable bonds is 8. The Morgan fingerprint density at radius 3 is 2.83 bits per heavy atom. The van der Waals surface area contributed by atoms with Crippen molar-refractivity contribution in [1.29, 1.82) is 0 Å². The van der Waals surface area contributed by atoms with Crippen LogP contribution in [0.5, 0.6) is 11.5 Å². The van der Waals surface area contributed by atoms with Crippen molar-refractivity contribution in [3.05, 3.63) is 78.4 Å². The molecule has 0 spiro atoms. The van der Waals surface area contributed by atoms with Gasteiger partial charge in [-0.3, -0.25) is 9.78 Å². The smallest absolute Gasteiger partial charge is 0.246 e. The third-order valence-corrected chi connectivity index (χ3v) is 4.98. The molecule has 2 aromatic carbocycles. The number of hydrogen-bond acceptors (Lipinski definition) is 7. The van der Waals surface area contributed by atoms with Gasteiger partial charge in [0.15, 0.2) is 0 Å². The summed E-state index contributed by atoms with van der Waals surface area (Å²) in [7, 11) is 0. The monoisotopic (exact) mass is 467 g/mol. The number of hydrogen-bond donors (Lipinski definition) is 2. The van der Waals surface area contributed by atoms with Crippen molar-refractivity contribution in [2.45, 2.75) is 13.8 Å². The fourth-order valence-electron chi connectivity index (χ4n) is 3.28. The number of carbonyl (C=O) groups is 1. The fourth-order valence-corrected chi connectivity index (χ4v) is 3.28. The van der Waals surface area contributed by atoms with Crippen LogP contribution in [0, 0.1) is 18.8 Å². The molecule has 2 N–H and O–H groups in total. The molecule has 1 amide bonds. The first kappa shape index (κ1) is 23.7. The minimum absolute atomic E-state index is 0.0383. The lowest BCUT2D eigenvalue weighted by Crippen LogP contribution is -2.27. The molecule has 0 saturated heterocycles. The number of aryl methyl sites for hydroxylation is 1. The van der Waals surface area contributed by atoms with Crippen LogP contribution < -0.4 is 15.4 Å². The van der Waals surface area contributed by atoms with E-state index in [1.807, 2.05) is 62.4 Å². The Morgan fingerprint density at radius 2 is 2.03 bits per heavy atom. The van der Waals surface area contributed by atoms with Crippen LogP contribution in [0.4, 0.5) is 11.5 Å². The fraction of sp³-hybridized carbons (Fsp3) is 0.185. The standard InChI is InChI=1S/C27H25N5O3/c1-3-34-17-26(33)29-13-4-6-20-8-10-24-23(15-20)27(31-18-30-24)32-21-9-11-25(19(2)14-21)35-22-7-5-12-28-16-22/h5,7-12,14-16,18H,3,13,17H2,1-2H3,(H,29,33)(H,30,31,32). The van der Waals surface area contributed by atoms with Gasteiger partial charge < -0.3 is 20.1 Å².